The predicted octanol–water partition coefficient (Wildman–Crippen LogP) is 2.88. The van der Waals surface area contributed by atoms with Gasteiger partial charge in [0.15, 0.2) is 0 Å². The molecule has 2 rings (SSSR count). The molecular formula is C13H11N2O2S. The number of hydrogen-bond acceptors (Lipinski definition) is 3. The number of para-hydroxylation sites is 1. The predicted molar refractivity (Wildman–Crippen MR) is 72.7 cm³/mol. The van der Waals surface area contributed by atoms with Gasteiger partial charge >= 0.3 is 12.4 Å². The number of benzene rings is 1. The zero-order chi connectivity index (χ0) is 13.0. The SMILES string of the molecule is CN(C(=O)N([C]=O)c1ccccc1)c1cccs1. The molecule has 3 amide bonds. The quantitative estimate of drug-likeness (QED) is 0.795. The van der Waals surface area contributed by atoms with Crippen LogP contribution in [0.15, 0.2) is 47.8 Å². The van der Waals surface area contributed by atoms with Crippen LogP contribution in [0.25, 0.3) is 0 Å². The fraction of sp³-hybridized carbons (Fsp3) is 0.0769. The summed E-state index contributed by atoms with van der Waals surface area (Å²) in [5, 5.41) is 2.65. The van der Waals surface area contributed by atoms with Crippen LogP contribution in [0.3, 0.4) is 0 Å². The Morgan fingerprint density at radius 3 is 2.44 bits per heavy atom. The Balaban J connectivity index is 2.24. The number of thiophene rings is 1. The summed E-state index contributed by atoms with van der Waals surface area (Å²) in [6.07, 6.45) is 1.66. The molecule has 4 nitrogen and oxygen atoms in total. The molecule has 0 spiro atoms. The molecule has 18 heavy (non-hydrogen) atoms. The average molecular weight is 259 g/mol. The maximum Gasteiger partial charge on any atom is 0.336 e. The van der Waals surface area contributed by atoms with Crippen LogP contribution in [-0.4, -0.2) is 19.5 Å². The molecule has 2 aromatic rings. The molecular weight excluding hydrogens is 248 g/mol. The van der Waals surface area contributed by atoms with Gasteiger partial charge in [-0.25, -0.2) is 9.69 Å². The van der Waals surface area contributed by atoms with Crippen molar-refractivity contribution in [3.05, 3.63) is 47.8 Å². The smallest absolute Gasteiger partial charge is 0.288 e. The third-order valence-electron chi connectivity index (χ3n) is 2.42. The number of anilines is 2. The van der Waals surface area contributed by atoms with E-state index in [1.807, 2.05) is 23.6 Å². The van der Waals surface area contributed by atoms with E-state index in [-0.39, 0.29) is 0 Å². The average Bonchev–Trinajstić information content (AvgIpc) is 2.94. The number of carbonyl (C=O) groups excluding carboxylic acids is 2. The lowest BCUT2D eigenvalue weighted by Crippen LogP contribution is -2.40. The second-order valence-electron chi connectivity index (χ2n) is 3.56. The minimum atomic E-state index is -0.432. The van der Waals surface area contributed by atoms with Crippen molar-refractivity contribution in [2.24, 2.45) is 0 Å². The molecule has 91 valence electrons. The largest absolute Gasteiger partial charge is 0.336 e. The Morgan fingerprint density at radius 1 is 1.17 bits per heavy atom. The molecule has 1 radical (unpaired) electrons. The van der Waals surface area contributed by atoms with Crippen LogP contribution in [0, 0.1) is 0 Å². The van der Waals surface area contributed by atoms with Crippen LogP contribution in [0.4, 0.5) is 15.5 Å². The number of hydrogen-bond donors (Lipinski definition) is 0. The minimum Gasteiger partial charge on any atom is -0.288 e. The van der Waals surface area contributed by atoms with Crippen LogP contribution in [0.2, 0.25) is 0 Å². The van der Waals surface area contributed by atoms with E-state index in [4.69, 9.17) is 0 Å². The Kier molecular flexibility index (Phi) is 3.74. The van der Waals surface area contributed by atoms with Gasteiger partial charge in [-0.15, -0.1) is 11.3 Å². The van der Waals surface area contributed by atoms with E-state index in [1.165, 1.54) is 16.2 Å². The topological polar surface area (TPSA) is 40.6 Å². The summed E-state index contributed by atoms with van der Waals surface area (Å²) in [5.74, 6) is 0. The van der Waals surface area contributed by atoms with E-state index in [1.54, 1.807) is 37.7 Å². The Hall–Kier alpha value is -2.14. The highest BCUT2D eigenvalue weighted by atomic mass is 32.1. The molecule has 0 aliphatic heterocycles. The van der Waals surface area contributed by atoms with Crippen molar-refractivity contribution in [1.29, 1.82) is 0 Å². The number of urea groups is 1. The Morgan fingerprint density at radius 2 is 1.89 bits per heavy atom. The van der Waals surface area contributed by atoms with Crippen LogP contribution in [0.1, 0.15) is 0 Å². The van der Waals surface area contributed by atoms with Crippen LogP contribution < -0.4 is 9.80 Å². The number of nitrogens with zero attached hydrogens (tertiary/aromatic N) is 2. The van der Waals surface area contributed by atoms with E-state index in [0.29, 0.717) is 5.69 Å². The van der Waals surface area contributed by atoms with E-state index in [9.17, 15) is 9.59 Å². The fourth-order valence-electron chi connectivity index (χ4n) is 1.48. The molecule has 0 unspecified atom stereocenters. The lowest BCUT2D eigenvalue weighted by atomic mass is 10.3. The van der Waals surface area contributed by atoms with Gasteiger partial charge in [0.2, 0.25) is 0 Å². The van der Waals surface area contributed by atoms with E-state index >= 15 is 0 Å². The number of amides is 3. The normalized spacial score (nSPS) is 9.83. The summed E-state index contributed by atoms with van der Waals surface area (Å²) in [6.45, 7) is 0. The zero-order valence-corrected chi connectivity index (χ0v) is 10.6. The molecule has 0 aliphatic rings. The van der Waals surface area contributed by atoms with Gasteiger partial charge in [0.05, 0.1) is 10.7 Å². The van der Waals surface area contributed by atoms with E-state index < -0.39 is 6.03 Å². The highest BCUT2D eigenvalue weighted by Gasteiger charge is 2.21. The van der Waals surface area contributed by atoms with Gasteiger partial charge in [0.1, 0.15) is 0 Å². The van der Waals surface area contributed by atoms with Gasteiger partial charge < -0.3 is 0 Å². The molecule has 0 fully saturated rings. The molecule has 1 aromatic heterocycles. The highest BCUT2D eigenvalue weighted by molar-refractivity contribution is 7.14. The molecule has 0 bridgehead atoms. The molecule has 0 N–H and O–H groups in total. The second kappa shape index (κ2) is 5.46. The monoisotopic (exact) mass is 259 g/mol. The minimum absolute atomic E-state index is 0.432. The first-order chi connectivity index (χ1) is 8.74. The number of carbonyl (C=O) groups is 1. The second-order valence-corrected chi connectivity index (χ2v) is 4.48. The summed E-state index contributed by atoms with van der Waals surface area (Å²) in [7, 11) is 1.63. The molecule has 5 heteroatoms. The van der Waals surface area contributed by atoms with Crippen LogP contribution >= 0.6 is 11.3 Å². The Bertz CT molecular complexity index is 525. The van der Waals surface area contributed by atoms with Gasteiger partial charge in [0.25, 0.3) is 0 Å². The lowest BCUT2D eigenvalue weighted by Gasteiger charge is -2.21. The summed E-state index contributed by atoms with van der Waals surface area (Å²) in [5.41, 5.74) is 0.501. The molecule has 1 aromatic carbocycles. The summed E-state index contributed by atoms with van der Waals surface area (Å²) in [6, 6.07) is 11.9. The molecule has 0 atom stereocenters. The first kappa shape index (κ1) is 12.3. The fourth-order valence-corrected chi connectivity index (χ4v) is 2.17. The van der Waals surface area contributed by atoms with Gasteiger partial charge in [-0.3, -0.25) is 9.69 Å². The van der Waals surface area contributed by atoms with Crippen molar-refractivity contribution in [3.8, 4) is 0 Å². The van der Waals surface area contributed by atoms with Gasteiger partial charge in [-0.1, -0.05) is 18.2 Å². The van der Waals surface area contributed by atoms with Crippen molar-refractivity contribution in [3.63, 3.8) is 0 Å². The van der Waals surface area contributed by atoms with Crippen molar-refractivity contribution in [1.82, 2.24) is 0 Å². The van der Waals surface area contributed by atoms with E-state index in [0.717, 1.165) is 9.90 Å². The lowest BCUT2D eigenvalue weighted by molar-refractivity contribution is 0.255. The molecule has 0 saturated carbocycles. The van der Waals surface area contributed by atoms with Gasteiger partial charge in [-0.05, 0) is 29.6 Å². The maximum atomic E-state index is 12.2. The van der Waals surface area contributed by atoms with Crippen molar-refractivity contribution in [2.75, 3.05) is 16.8 Å². The Labute approximate surface area is 109 Å². The summed E-state index contributed by atoms with van der Waals surface area (Å²) >= 11 is 1.43. The van der Waals surface area contributed by atoms with Crippen molar-refractivity contribution in [2.45, 2.75) is 0 Å². The third kappa shape index (κ3) is 2.41. The molecule has 0 aliphatic carbocycles. The van der Waals surface area contributed by atoms with Crippen LogP contribution in [0.5, 0.6) is 0 Å². The number of rotatable bonds is 3. The van der Waals surface area contributed by atoms with Gasteiger partial charge in [0, 0.05) is 7.05 Å². The zero-order valence-electron chi connectivity index (χ0n) is 9.74. The first-order valence-electron chi connectivity index (χ1n) is 5.28. The molecule has 1 heterocycles. The number of imide groups is 1. The van der Waals surface area contributed by atoms with Crippen molar-refractivity contribution >= 4 is 34.5 Å². The van der Waals surface area contributed by atoms with Crippen LogP contribution in [-0.2, 0) is 4.79 Å². The van der Waals surface area contributed by atoms with Crippen molar-refractivity contribution < 1.29 is 9.59 Å². The molecule has 0 saturated heterocycles. The summed E-state index contributed by atoms with van der Waals surface area (Å²) in [4.78, 5) is 25.5. The highest BCUT2D eigenvalue weighted by Crippen LogP contribution is 2.22. The van der Waals surface area contributed by atoms with Gasteiger partial charge in [-0.2, -0.15) is 0 Å². The van der Waals surface area contributed by atoms with E-state index in [2.05, 4.69) is 0 Å². The summed E-state index contributed by atoms with van der Waals surface area (Å²) < 4.78 is 0. The third-order valence-corrected chi connectivity index (χ3v) is 3.37. The first-order valence-corrected chi connectivity index (χ1v) is 6.16. The standard InChI is InChI=1S/C13H11N2O2S/c1-14(12-8-5-9-18-12)13(17)15(10-16)11-6-3-2-4-7-11/h2-9H,1H3. The maximum absolute atomic E-state index is 12.2.